The van der Waals surface area contributed by atoms with E-state index in [0.29, 0.717) is 19.7 Å². The molecular weight excluding hydrogens is 252 g/mol. The molecule has 1 N–H and O–H groups in total. The number of hydrogen-bond donors (Lipinski definition) is 1. The fourth-order valence-electron chi connectivity index (χ4n) is 1.51. The molecule has 0 spiro atoms. The first-order valence-corrected chi connectivity index (χ1v) is 5.98. The van der Waals surface area contributed by atoms with Gasteiger partial charge in [0.05, 0.1) is 17.4 Å². The van der Waals surface area contributed by atoms with E-state index in [2.05, 4.69) is 10.4 Å². The zero-order valence-electron chi connectivity index (χ0n) is 11.0. The summed E-state index contributed by atoms with van der Waals surface area (Å²) < 4.78 is 6.28. The van der Waals surface area contributed by atoms with Gasteiger partial charge < -0.3 is 10.1 Å². The Morgan fingerprint density at radius 2 is 2.42 bits per heavy atom. The molecule has 1 amide bonds. The van der Waals surface area contributed by atoms with Crippen LogP contribution in [0.3, 0.4) is 0 Å². The second-order valence-electron chi connectivity index (χ2n) is 4.22. The van der Waals surface area contributed by atoms with E-state index in [1.807, 2.05) is 0 Å². The van der Waals surface area contributed by atoms with Gasteiger partial charge in [0, 0.05) is 20.3 Å². The molecule has 106 valence electrons. The van der Waals surface area contributed by atoms with Gasteiger partial charge in [0.15, 0.2) is 0 Å². The van der Waals surface area contributed by atoms with Crippen molar-refractivity contribution in [1.29, 1.82) is 0 Å². The van der Waals surface area contributed by atoms with E-state index in [0.717, 1.165) is 6.42 Å². The average Bonchev–Trinajstić information content (AvgIpc) is 2.83. The number of hydrogen-bond acceptors (Lipinski definition) is 5. The fourth-order valence-corrected chi connectivity index (χ4v) is 1.51. The van der Waals surface area contributed by atoms with E-state index in [-0.39, 0.29) is 17.5 Å². The number of ether oxygens (including phenoxy) is 1. The molecule has 0 saturated carbocycles. The van der Waals surface area contributed by atoms with Crippen LogP contribution in [-0.2, 0) is 16.1 Å². The van der Waals surface area contributed by atoms with E-state index in [9.17, 15) is 14.9 Å². The van der Waals surface area contributed by atoms with Crippen LogP contribution in [0.1, 0.15) is 13.3 Å². The summed E-state index contributed by atoms with van der Waals surface area (Å²) in [6.45, 7) is 3.21. The topological polar surface area (TPSA) is 99.3 Å². The third-order valence-electron chi connectivity index (χ3n) is 2.56. The molecule has 0 fully saturated rings. The summed E-state index contributed by atoms with van der Waals surface area (Å²) in [7, 11) is 1.61. The van der Waals surface area contributed by atoms with Crippen molar-refractivity contribution in [3.63, 3.8) is 0 Å². The monoisotopic (exact) mass is 270 g/mol. The summed E-state index contributed by atoms with van der Waals surface area (Å²) >= 11 is 0. The lowest BCUT2D eigenvalue weighted by Gasteiger charge is -2.11. The lowest BCUT2D eigenvalue weighted by Crippen LogP contribution is -2.32. The molecule has 0 radical (unpaired) electrons. The van der Waals surface area contributed by atoms with Crippen LogP contribution in [0.2, 0.25) is 0 Å². The molecule has 0 aromatic carbocycles. The number of nitrogens with zero attached hydrogens (tertiary/aromatic N) is 3. The Kier molecular flexibility index (Phi) is 5.94. The molecule has 0 aliphatic heterocycles. The highest BCUT2D eigenvalue weighted by molar-refractivity contribution is 5.78. The molecular formula is C11H18N4O4. The number of amides is 1. The molecule has 0 aliphatic carbocycles. The Morgan fingerprint density at radius 3 is 3.00 bits per heavy atom. The first-order chi connectivity index (χ1) is 9.04. The Labute approximate surface area is 110 Å². The van der Waals surface area contributed by atoms with Crippen molar-refractivity contribution in [1.82, 2.24) is 15.1 Å². The summed E-state index contributed by atoms with van der Waals surface area (Å²) in [5.41, 5.74) is -0.0762. The molecule has 0 saturated heterocycles. The van der Waals surface area contributed by atoms with Crippen LogP contribution < -0.4 is 5.32 Å². The van der Waals surface area contributed by atoms with Gasteiger partial charge in [-0.25, -0.2) is 0 Å². The zero-order valence-corrected chi connectivity index (χ0v) is 11.0. The summed E-state index contributed by atoms with van der Waals surface area (Å²) in [6, 6.07) is 0. The Bertz CT molecular complexity index is 432. The molecule has 8 nitrogen and oxygen atoms in total. The number of methoxy groups -OCH3 is 1. The van der Waals surface area contributed by atoms with Gasteiger partial charge in [0.2, 0.25) is 5.91 Å². The Morgan fingerprint density at radius 1 is 1.68 bits per heavy atom. The summed E-state index contributed by atoms with van der Waals surface area (Å²) in [6.07, 6.45) is 3.24. The van der Waals surface area contributed by atoms with Crippen molar-refractivity contribution in [3.8, 4) is 0 Å². The zero-order chi connectivity index (χ0) is 14.3. The Balaban J connectivity index is 2.38. The van der Waals surface area contributed by atoms with Crippen LogP contribution in [0.25, 0.3) is 0 Å². The highest BCUT2D eigenvalue weighted by Crippen LogP contribution is 2.09. The number of carbonyl (C=O) groups is 1. The number of rotatable bonds is 8. The van der Waals surface area contributed by atoms with Gasteiger partial charge in [-0.1, -0.05) is 6.92 Å². The van der Waals surface area contributed by atoms with E-state index in [1.54, 1.807) is 14.0 Å². The maximum absolute atomic E-state index is 11.7. The van der Waals surface area contributed by atoms with Gasteiger partial charge in [-0.3, -0.25) is 19.6 Å². The standard InChI is InChI=1S/C11H18N4O4/c1-9(11(16)12-4-3-5-19-2)7-14-8-10(6-13-14)15(17)18/h6,8-9H,3-5,7H2,1-2H3,(H,12,16). The molecule has 19 heavy (non-hydrogen) atoms. The van der Waals surface area contributed by atoms with Crippen molar-refractivity contribution in [2.75, 3.05) is 20.3 Å². The molecule has 8 heteroatoms. The van der Waals surface area contributed by atoms with Gasteiger partial charge in [-0.15, -0.1) is 0 Å². The van der Waals surface area contributed by atoms with Crippen molar-refractivity contribution >= 4 is 11.6 Å². The minimum absolute atomic E-state index is 0.0762. The molecule has 1 heterocycles. The smallest absolute Gasteiger partial charge is 0.306 e. The summed E-state index contributed by atoms with van der Waals surface area (Å²) in [5.74, 6) is -0.406. The molecule has 1 aromatic heterocycles. The minimum Gasteiger partial charge on any atom is -0.385 e. The van der Waals surface area contributed by atoms with Crippen molar-refractivity contribution < 1.29 is 14.5 Å². The number of nitro groups is 1. The van der Waals surface area contributed by atoms with Crippen molar-refractivity contribution in [2.45, 2.75) is 19.9 Å². The van der Waals surface area contributed by atoms with Crippen molar-refractivity contribution in [3.05, 3.63) is 22.5 Å². The van der Waals surface area contributed by atoms with Crippen LogP contribution in [0.15, 0.2) is 12.4 Å². The van der Waals surface area contributed by atoms with Crippen LogP contribution in [0.5, 0.6) is 0 Å². The molecule has 0 aliphatic rings. The highest BCUT2D eigenvalue weighted by Gasteiger charge is 2.15. The predicted molar refractivity (Wildman–Crippen MR) is 67.5 cm³/mol. The molecule has 1 aromatic rings. The molecule has 1 atom stereocenters. The first-order valence-electron chi connectivity index (χ1n) is 5.98. The van der Waals surface area contributed by atoms with Gasteiger partial charge in [0.1, 0.15) is 12.4 Å². The lowest BCUT2D eigenvalue weighted by atomic mass is 10.1. The van der Waals surface area contributed by atoms with Gasteiger partial charge in [-0.2, -0.15) is 5.10 Å². The quantitative estimate of drug-likeness (QED) is 0.423. The third-order valence-corrected chi connectivity index (χ3v) is 2.56. The maximum Gasteiger partial charge on any atom is 0.306 e. The summed E-state index contributed by atoms with van der Waals surface area (Å²) in [5, 5.41) is 17.1. The fraction of sp³-hybridized carbons (Fsp3) is 0.636. The van der Waals surface area contributed by atoms with Crippen LogP contribution in [-0.4, -0.2) is 40.9 Å². The largest absolute Gasteiger partial charge is 0.385 e. The van der Waals surface area contributed by atoms with Crippen molar-refractivity contribution in [2.24, 2.45) is 5.92 Å². The predicted octanol–water partition coefficient (Wildman–Crippen LogP) is 0.580. The SMILES string of the molecule is COCCCNC(=O)C(C)Cn1cc([N+](=O)[O-])cn1. The van der Waals surface area contributed by atoms with Gasteiger partial charge in [0.25, 0.3) is 0 Å². The molecule has 1 unspecified atom stereocenters. The normalized spacial score (nSPS) is 12.1. The lowest BCUT2D eigenvalue weighted by molar-refractivity contribution is -0.385. The van der Waals surface area contributed by atoms with E-state index in [4.69, 9.17) is 4.74 Å². The first kappa shape index (κ1) is 15.1. The number of nitrogens with one attached hydrogen (secondary N) is 1. The van der Waals surface area contributed by atoms with E-state index < -0.39 is 4.92 Å². The average molecular weight is 270 g/mol. The van der Waals surface area contributed by atoms with E-state index in [1.165, 1.54) is 17.1 Å². The Hall–Kier alpha value is -1.96. The van der Waals surface area contributed by atoms with Crippen LogP contribution in [0.4, 0.5) is 5.69 Å². The van der Waals surface area contributed by atoms with Gasteiger partial charge in [-0.05, 0) is 6.42 Å². The summed E-state index contributed by atoms with van der Waals surface area (Å²) in [4.78, 5) is 21.7. The van der Waals surface area contributed by atoms with Gasteiger partial charge >= 0.3 is 5.69 Å². The van der Waals surface area contributed by atoms with E-state index >= 15 is 0 Å². The maximum atomic E-state index is 11.7. The minimum atomic E-state index is -0.515. The van der Waals surface area contributed by atoms with Crippen LogP contribution >= 0.6 is 0 Å². The molecule has 1 rings (SSSR count). The number of aromatic nitrogens is 2. The molecule has 0 bridgehead atoms. The third kappa shape index (κ3) is 5.04. The second kappa shape index (κ2) is 7.47. The number of carbonyl (C=O) groups excluding carboxylic acids is 1. The van der Waals surface area contributed by atoms with Crippen LogP contribution in [0, 0.1) is 16.0 Å². The highest BCUT2D eigenvalue weighted by atomic mass is 16.6. The second-order valence-corrected chi connectivity index (χ2v) is 4.22.